The third-order valence-corrected chi connectivity index (χ3v) is 1.40. The van der Waals surface area contributed by atoms with Gasteiger partial charge in [-0.2, -0.15) is 0 Å². The quantitative estimate of drug-likeness (QED) is 0.631. The maximum atomic E-state index is 5.72. The molecule has 0 bridgehead atoms. The van der Waals surface area contributed by atoms with Crippen LogP contribution in [0, 0.1) is 0 Å². The second-order valence-corrected chi connectivity index (χ2v) is 2.49. The monoisotopic (exact) mass is 168 g/mol. The van der Waals surface area contributed by atoms with Crippen LogP contribution >= 0.6 is 11.6 Å². The van der Waals surface area contributed by atoms with Crippen LogP contribution in [0.5, 0.6) is 5.75 Å². The zero-order valence-electron chi connectivity index (χ0n) is 6.09. The maximum Gasteiger partial charge on any atom is 0.121 e. The molecule has 0 amide bonds. The molecule has 0 saturated heterocycles. The third kappa shape index (κ3) is 2.64. The van der Waals surface area contributed by atoms with Crippen LogP contribution in [0.25, 0.3) is 0 Å². The van der Waals surface area contributed by atoms with Crippen molar-refractivity contribution in [3.05, 3.63) is 41.9 Å². The zero-order chi connectivity index (χ0) is 8.10. The molecule has 1 aromatic carbocycles. The van der Waals surface area contributed by atoms with E-state index in [9.17, 15) is 0 Å². The zero-order valence-corrected chi connectivity index (χ0v) is 6.84. The van der Waals surface area contributed by atoms with Gasteiger partial charge >= 0.3 is 0 Å². The Kier molecular flexibility index (Phi) is 2.99. The fourth-order valence-corrected chi connectivity index (χ4v) is 0.892. The molecule has 0 saturated carbocycles. The number of hydrogen-bond donors (Lipinski definition) is 0. The number of rotatable bonds is 3. The van der Waals surface area contributed by atoms with E-state index in [1.807, 2.05) is 18.2 Å². The molecular weight excluding hydrogens is 160 g/mol. The molecule has 0 aliphatic heterocycles. The predicted molar refractivity (Wildman–Crippen MR) is 47.1 cm³/mol. The third-order valence-electron chi connectivity index (χ3n) is 1.16. The van der Waals surface area contributed by atoms with E-state index in [-0.39, 0.29) is 0 Å². The van der Waals surface area contributed by atoms with Crippen molar-refractivity contribution in [2.45, 2.75) is 0 Å². The van der Waals surface area contributed by atoms with Crippen molar-refractivity contribution in [1.82, 2.24) is 0 Å². The largest absolute Gasteiger partial charge is 0.490 e. The molecule has 0 aromatic heterocycles. The van der Waals surface area contributed by atoms with Crippen molar-refractivity contribution in [2.24, 2.45) is 0 Å². The molecule has 11 heavy (non-hydrogen) atoms. The first kappa shape index (κ1) is 8.15. The van der Waals surface area contributed by atoms with E-state index in [1.165, 1.54) is 0 Å². The highest BCUT2D eigenvalue weighted by Crippen LogP contribution is 2.16. The lowest BCUT2D eigenvalue weighted by Gasteiger charge is -2.01. The van der Waals surface area contributed by atoms with Crippen molar-refractivity contribution in [1.29, 1.82) is 0 Å². The van der Waals surface area contributed by atoms with Gasteiger partial charge in [0.2, 0.25) is 0 Å². The molecular formula is C9H9ClO. The summed E-state index contributed by atoms with van der Waals surface area (Å²) in [4.78, 5) is 0. The molecule has 1 nitrogen and oxygen atoms in total. The molecule has 2 heteroatoms. The fourth-order valence-electron chi connectivity index (χ4n) is 0.712. The van der Waals surface area contributed by atoms with Crippen LogP contribution < -0.4 is 4.74 Å². The summed E-state index contributed by atoms with van der Waals surface area (Å²) in [5, 5.41) is 0.687. The number of halogens is 1. The van der Waals surface area contributed by atoms with Gasteiger partial charge in [0.25, 0.3) is 0 Å². The van der Waals surface area contributed by atoms with Gasteiger partial charge in [0.05, 0.1) is 0 Å². The minimum Gasteiger partial charge on any atom is -0.490 e. The number of ether oxygens (including phenoxy) is 1. The number of hydrogen-bond acceptors (Lipinski definition) is 1. The lowest BCUT2D eigenvalue weighted by atomic mass is 10.3. The molecule has 0 fully saturated rings. The Bertz CT molecular complexity index is 245. The Morgan fingerprint density at radius 1 is 1.55 bits per heavy atom. The lowest BCUT2D eigenvalue weighted by molar-refractivity contribution is 0.363. The van der Waals surface area contributed by atoms with Crippen molar-refractivity contribution in [3.8, 4) is 5.75 Å². The first-order valence-electron chi connectivity index (χ1n) is 3.32. The van der Waals surface area contributed by atoms with Crippen molar-refractivity contribution in [2.75, 3.05) is 6.61 Å². The summed E-state index contributed by atoms with van der Waals surface area (Å²) in [5.41, 5.74) is 0. The van der Waals surface area contributed by atoms with Crippen molar-refractivity contribution in [3.63, 3.8) is 0 Å². The highest BCUT2D eigenvalue weighted by atomic mass is 35.5. The number of benzene rings is 1. The van der Waals surface area contributed by atoms with Crippen LogP contribution in [-0.2, 0) is 0 Å². The molecule has 0 aliphatic rings. The van der Waals surface area contributed by atoms with Gasteiger partial charge in [-0.25, -0.2) is 0 Å². The van der Waals surface area contributed by atoms with Crippen LogP contribution in [-0.4, -0.2) is 6.61 Å². The molecule has 58 valence electrons. The van der Waals surface area contributed by atoms with Crippen LogP contribution in [0.1, 0.15) is 0 Å². The molecule has 0 spiro atoms. The summed E-state index contributed by atoms with van der Waals surface area (Å²) >= 11 is 5.72. The lowest BCUT2D eigenvalue weighted by Crippen LogP contribution is -1.91. The first-order valence-corrected chi connectivity index (χ1v) is 3.70. The van der Waals surface area contributed by atoms with Gasteiger partial charge in [0.1, 0.15) is 12.4 Å². The molecule has 0 unspecified atom stereocenters. The summed E-state index contributed by atoms with van der Waals surface area (Å²) in [5.74, 6) is 0.775. The van der Waals surface area contributed by atoms with E-state index < -0.39 is 0 Å². The van der Waals surface area contributed by atoms with E-state index in [0.717, 1.165) is 5.75 Å². The van der Waals surface area contributed by atoms with Gasteiger partial charge in [-0.3, -0.25) is 0 Å². The summed E-state index contributed by atoms with van der Waals surface area (Å²) in [6, 6.07) is 7.28. The average Bonchev–Trinajstić information content (AvgIpc) is 2.01. The second kappa shape index (κ2) is 4.04. The molecule has 0 aliphatic carbocycles. The molecule has 0 radical (unpaired) electrons. The summed E-state index contributed by atoms with van der Waals surface area (Å²) in [6.07, 6.45) is 1.70. The second-order valence-electron chi connectivity index (χ2n) is 2.06. The van der Waals surface area contributed by atoms with E-state index in [4.69, 9.17) is 16.3 Å². The van der Waals surface area contributed by atoms with E-state index in [0.29, 0.717) is 11.6 Å². The highest BCUT2D eigenvalue weighted by molar-refractivity contribution is 6.30. The standard InChI is InChI=1S/C9H9ClO/c1-2-6-11-9-5-3-4-8(10)7-9/h2-5,7H,1,6H2. The fraction of sp³-hybridized carbons (Fsp3) is 0.111. The molecule has 1 aromatic rings. The van der Waals surface area contributed by atoms with Gasteiger partial charge in [-0.05, 0) is 18.2 Å². The minimum absolute atomic E-state index is 0.514. The Hall–Kier alpha value is -0.950. The van der Waals surface area contributed by atoms with Gasteiger partial charge in [0, 0.05) is 5.02 Å². The van der Waals surface area contributed by atoms with Crippen LogP contribution in [0.3, 0.4) is 0 Å². The topological polar surface area (TPSA) is 9.23 Å². The molecule has 0 heterocycles. The summed E-state index contributed by atoms with van der Waals surface area (Å²) in [7, 11) is 0. The van der Waals surface area contributed by atoms with Crippen molar-refractivity contribution < 1.29 is 4.74 Å². The van der Waals surface area contributed by atoms with Crippen molar-refractivity contribution >= 4 is 11.6 Å². The van der Waals surface area contributed by atoms with Crippen LogP contribution in [0.4, 0.5) is 0 Å². The van der Waals surface area contributed by atoms with E-state index in [1.54, 1.807) is 12.1 Å². The van der Waals surface area contributed by atoms with Gasteiger partial charge in [-0.1, -0.05) is 30.3 Å². The molecule has 1 rings (SSSR count). The normalized spacial score (nSPS) is 9.18. The van der Waals surface area contributed by atoms with Crippen LogP contribution in [0.2, 0.25) is 5.02 Å². The summed E-state index contributed by atoms with van der Waals surface area (Å²) in [6.45, 7) is 4.05. The highest BCUT2D eigenvalue weighted by Gasteiger charge is 1.91. The van der Waals surface area contributed by atoms with E-state index >= 15 is 0 Å². The first-order chi connectivity index (χ1) is 5.33. The van der Waals surface area contributed by atoms with Gasteiger partial charge < -0.3 is 4.74 Å². The van der Waals surface area contributed by atoms with Gasteiger partial charge in [-0.15, -0.1) is 0 Å². The Morgan fingerprint density at radius 3 is 3.00 bits per heavy atom. The average molecular weight is 169 g/mol. The Labute approximate surface area is 71.3 Å². The Morgan fingerprint density at radius 2 is 2.36 bits per heavy atom. The van der Waals surface area contributed by atoms with Crippen LogP contribution in [0.15, 0.2) is 36.9 Å². The maximum absolute atomic E-state index is 5.72. The Balaban J connectivity index is 2.63. The molecule has 0 atom stereocenters. The smallest absolute Gasteiger partial charge is 0.121 e. The minimum atomic E-state index is 0.514. The summed E-state index contributed by atoms with van der Waals surface area (Å²) < 4.78 is 5.23. The van der Waals surface area contributed by atoms with E-state index in [2.05, 4.69) is 6.58 Å². The SMILES string of the molecule is C=CCOc1cccc(Cl)c1. The molecule has 0 N–H and O–H groups in total. The predicted octanol–water partition coefficient (Wildman–Crippen LogP) is 2.90. The van der Waals surface area contributed by atoms with Gasteiger partial charge in [0.15, 0.2) is 0 Å².